The molecule has 0 bridgehead atoms. The fraction of sp³-hybridized carbons (Fsp3) is 0.550. The third-order valence-corrected chi connectivity index (χ3v) is 11.3. The van der Waals surface area contributed by atoms with Crippen LogP contribution in [0.2, 0.25) is 0 Å². The Kier molecular flexibility index (Phi) is 13.1. The summed E-state index contributed by atoms with van der Waals surface area (Å²) in [6, 6.07) is 8.08. The zero-order valence-corrected chi connectivity index (χ0v) is 31.3. The second-order valence-electron chi connectivity index (χ2n) is 14.9. The first-order valence-corrected chi connectivity index (χ1v) is 18.9. The number of alkyl halides is 3. The Morgan fingerprint density at radius 3 is 2.33 bits per heavy atom. The number of aromatic amines is 1. The Morgan fingerprint density at radius 1 is 0.963 bits per heavy atom. The number of aryl methyl sites for hydroxylation is 1. The van der Waals surface area contributed by atoms with Crippen molar-refractivity contribution in [3.05, 3.63) is 70.7 Å². The van der Waals surface area contributed by atoms with Crippen LogP contribution in [-0.2, 0) is 49.4 Å². The number of hydrogen-bond donors (Lipinski definition) is 5. The highest BCUT2D eigenvalue weighted by atomic mass is 19.4. The van der Waals surface area contributed by atoms with E-state index in [1.165, 1.54) is 24.3 Å². The van der Waals surface area contributed by atoms with Gasteiger partial charge in [0.05, 0.1) is 17.5 Å². The molecule has 4 amide bonds. The molecule has 2 aromatic carbocycles. The Morgan fingerprint density at radius 2 is 1.67 bits per heavy atom. The third-order valence-electron chi connectivity index (χ3n) is 11.3. The summed E-state index contributed by atoms with van der Waals surface area (Å²) in [5.74, 6) is -3.16. The first kappa shape index (κ1) is 40.7. The fourth-order valence-electron chi connectivity index (χ4n) is 7.42. The van der Waals surface area contributed by atoms with Gasteiger partial charge in [0, 0.05) is 49.2 Å². The van der Waals surface area contributed by atoms with Crippen LogP contribution in [0, 0.1) is 23.6 Å². The zero-order chi connectivity index (χ0) is 39.2. The van der Waals surface area contributed by atoms with E-state index in [4.69, 9.17) is 4.74 Å². The van der Waals surface area contributed by atoms with E-state index in [1.54, 1.807) is 19.1 Å². The average Bonchev–Trinajstić information content (AvgIpc) is 3.53. The lowest BCUT2D eigenvalue weighted by Crippen LogP contribution is -2.67. The molecular weight excluding hydrogens is 706 g/mol. The Balaban J connectivity index is 1.46. The van der Waals surface area contributed by atoms with Gasteiger partial charge in [-0.1, -0.05) is 70.9 Å². The Bertz CT molecular complexity index is 1820. The summed E-state index contributed by atoms with van der Waals surface area (Å²) < 4.78 is 62.0. The van der Waals surface area contributed by atoms with Crippen LogP contribution in [0.25, 0.3) is 10.9 Å². The third kappa shape index (κ3) is 9.24. The van der Waals surface area contributed by atoms with Gasteiger partial charge in [0.2, 0.25) is 23.6 Å². The highest BCUT2D eigenvalue weighted by molar-refractivity contribution is 5.97. The number of carbonyl (C=O) groups excluding carboxylic acids is 4. The van der Waals surface area contributed by atoms with Gasteiger partial charge in [-0.15, -0.1) is 0 Å². The topological polar surface area (TPSA) is 141 Å². The highest BCUT2D eigenvalue weighted by Gasteiger charge is 2.47. The number of amides is 4. The Hall–Kier alpha value is -4.46. The maximum Gasteiger partial charge on any atom is 0.418 e. The van der Waals surface area contributed by atoms with Crippen molar-refractivity contribution in [2.24, 2.45) is 17.8 Å². The molecular formula is C40H51F4N5O5. The SMILES string of the molecule is CCC(C)[C@H](NC(=O)Cc1ccccc1F)C(=O)N[C@]1(C(=O)N[C@H](CNC(=O)C2CCOCC2)C(C)CC)CCc2[nH]c3c(C(F)(F)F)cccc3c2C1. The van der Waals surface area contributed by atoms with E-state index in [0.29, 0.717) is 55.5 Å². The fourth-order valence-corrected chi connectivity index (χ4v) is 7.42. The van der Waals surface area contributed by atoms with Crippen molar-refractivity contribution in [1.29, 1.82) is 0 Å². The summed E-state index contributed by atoms with van der Waals surface area (Å²) in [5.41, 5.74) is -1.38. The molecule has 0 radical (unpaired) electrons. The van der Waals surface area contributed by atoms with Crippen LogP contribution in [0.15, 0.2) is 42.5 Å². The van der Waals surface area contributed by atoms with Gasteiger partial charge in [-0.3, -0.25) is 19.2 Å². The number of aromatic nitrogens is 1. The van der Waals surface area contributed by atoms with Gasteiger partial charge >= 0.3 is 6.18 Å². The quantitative estimate of drug-likeness (QED) is 0.138. The number of benzene rings is 2. The number of nitrogens with one attached hydrogen (secondary N) is 5. The second-order valence-corrected chi connectivity index (χ2v) is 14.9. The Labute approximate surface area is 312 Å². The van der Waals surface area contributed by atoms with Crippen LogP contribution in [0.3, 0.4) is 0 Å². The monoisotopic (exact) mass is 757 g/mol. The molecule has 14 heteroatoms. The number of carbonyl (C=O) groups is 4. The minimum atomic E-state index is -4.63. The van der Waals surface area contributed by atoms with E-state index in [0.717, 1.165) is 6.07 Å². The van der Waals surface area contributed by atoms with Crippen LogP contribution in [0.4, 0.5) is 17.6 Å². The number of fused-ring (bicyclic) bond motifs is 3. The summed E-state index contributed by atoms with van der Waals surface area (Å²) in [7, 11) is 0. The summed E-state index contributed by atoms with van der Waals surface area (Å²) in [6.07, 6.45) is -2.54. The normalized spacial score (nSPS) is 19.9. The lowest BCUT2D eigenvalue weighted by molar-refractivity contribution is -0.137. The molecule has 5 rings (SSSR count). The number of H-pyrrole nitrogens is 1. The molecule has 1 aromatic heterocycles. The summed E-state index contributed by atoms with van der Waals surface area (Å²) >= 11 is 0. The lowest BCUT2D eigenvalue weighted by Gasteiger charge is -2.40. The molecule has 2 heterocycles. The van der Waals surface area contributed by atoms with Crippen molar-refractivity contribution in [2.75, 3.05) is 19.8 Å². The maximum atomic E-state index is 14.7. The van der Waals surface area contributed by atoms with E-state index in [9.17, 15) is 36.7 Å². The van der Waals surface area contributed by atoms with E-state index < -0.39 is 58.8 Å². The molecule has 2 aliphatic rings. The van der Waals surface area contributed by atoms with Crippen molar-refractivity contribution in [3.63, 3.8) is 0 Å². The first-order chi connectivity index (χ1) is 25.7. The van der Waals surface area contributed by atoms with Gasteiger partial charge in [-0.2, -0.15) is 13.2 Å². The molecule has 0 saturated carbocycles. The first-order valence-electron chi connectivity index (χ1n) is 18.9. The predicted molar refractivity (Wildman–Crippen MR) is 196 cm³/mol. The standard InChI is InChI=1S/C40H51F4N5O5/c1-5-23(3)32(22-45-36(51)25-15-18-54-19-16-25)47-38(53)39(17-14-31-28(21-39)27-11-9-12-29(35(27)46-31)40(42,43)44)49-37(52)34(24(4)6-2)48-33(50)20-26-10-7-8-13-30(26)41/h7-13,23-25,32,34,46H,5-6,14-22H2,1-4H3,(H,45,51)(H,47,53)(H,48,50)(H,49,52)/t23?,24?,32-,34+,39-/m1/s1. The second kappa shape index (κ2) is 17.3. The summed E-state index contributed by atoms with van der Waals surface area (Å²) in [4.78, 5) is 58.3. The van der Waals surface area contributed by atoms with E-state index in [-0.39, 0.29) is 61.1 Å². The molecule has 5 N–H and O–H groups in total. The van der Waals surface area contributed by atoms with Crippen LogP contribution in [-0.4, -0.2) is 66.0 Å². The predicted octanol–water partition coefficient (Wildman–Crippen LogP) is 5.52. The summed E-state index contributed by atoms with van der Waals surface area (Å²) in [6.45, 7) is 8.64. The molecule has 1 saturated heterocycles. The maximum absolute atomic E-state index is 14.7. The van der Waals surface area contributed by atoms with E-state index in [2.05, 4.69) is 26.3 Å². The lowest BCUT2D eigenvalue weighted by atomic mass is 9.78. The highest BCUT2D eigenvalue weighted by Crippen LogP contribution is 2.40. The number of ether oxygens (including phenoxy) is 1. The molecule has 3 aromatic rings. The van der Waals surface area contributed by atoms with Crippen molar-refractivity contribution >= 4 is 34.5 Å². The smallest absolute Gasteiger partial charge is 0.381 e. The molecule has 5 atom stereocenters. The molecule has 2 unspecified atom stereocenters. The van der Waals surface area contributed by atoms with Crippen LogP contribution < -0.4 is 21.3 Å². The molecule has 54 heavy (non-hydrogen) atoms. The average molecular weight is 758 g/mol. The van der Waals surface area contributed by atoms with Gasteiger partial charge in [0.15, 0.2) is 0 Å². The molecule has 1 aliphatic carbocycles. The molecule has 10 nitrogen and oxygen atoms in total. The van der Waals surface area contributed by atoms with Crippen molar-refractivity contribution in [2.45, 2.75) is 103 Å². The van der Waals surface area contributed by atoms with E-state index in [1.807, 2.05) is 20.8 Å². The van der Waals surface area contributed by atoms with Crippen molar-refractivity contribution in [3.8, 4) is 0 Å². The summed E-state index contributed by atoms with van der Waals surface area (Å²) in [5, 5.41) is 12.1. The minimum absolute atomic E-state index is 0.0454. The number of para-hydroxylation sites is 1. The minimum Gasteiger partial charge on any atom is -0.381 e. The van der Waals surface area contributed by atoms with Gasteiger partial charge in [-0.25, -0.2) is 4.39 Å². The largest absolute Gasteiger partial charge is 0.418 e. The van der Waals surface area contributed by atoms with Crippen molar-refractivity contribution < 1.29 is 41.5 Å². The van der Waals surface area contributed by atoms with Gasteiger partial charge in [0.25, 0.3) is 0 Å². The number of hydrogen-bond acceptors (Lipinski definition) is 5. The van der Waals surface area contributed by atoms with Crippen molar-refractivity contribution in [1.82, 2.24) is 26.3 Å². The van der Waals surface area contributed by atoms with Crippen LogP contribution in [0.1, 0.15) is 82.2 Å². The molecule has 1 fully saturated rings. The molecule has 1 aliphatic heterocycles. The van der Waals surface area contributed by atoms with Gasteiger partial charge in [0.1, 0.15) is 17.4 Å². The van der Waals surface area contributed by atoms with Gasteiger partial charge < -0.3 is 31.0 Å². The number of rotatable bonds is 14. The van der Waals surface area contributed by atoms with E-state index >= 15 is 0 Å². The van der Waals surface area contributed by atoms with Gasteiger partial charge in [-0.05, 0) is 60.8 Å². The molecule has 294 valence electrons. The van der Waals surface area contributed by atoms with Crippen LogP contribution >= 0.6 is 0 Å². The van der Waals surface area contributed by atoms with Crippen LogP contribution in [0.5, 0.6) is 0 Å². The number of halogens is 4. The zero-order valence-electron chi connectivity index (χ0n) is 31.3. The molecule has 0 spiro atoms.